The summed E-state index contributed by atoms with van der Waals surface area (Å²) in [6.07, 6.45) is 2.33. The van der Waals surface area contributed by atoms with Crippen LogP contribution >= 0.6 is 0 Å². The molecule has 0 aliphatic carbocycles. The Morgan fingerprint density at radius 1 is 1.33 bits per heavy atom. The lowest BCUT2D eigenvalue weighted by atomic mass is 10.3. The van der Waals surface area contributed by atoms with Crippen molar-refractivity contribution in [3.8, 4) is 5.75 Å². The van der Waals surface area contributed by atoms with Gasteiger partial charge in [-0.25, -0.2) is 8.42 Å². The fraction of sp³-hybridized carbons (Fsp3) is 0.500. The molecular formula is C14H22N2O4S. The van der Waals surface area contributed by atoms with Gasteiger partial charge in [-0.1, -0.05) is 19.1 Å². The van der Waals surface area contributed by atoms with Crippen molar-refractivity contribution in [3.05, 3.63) is 24.3 Å². The molecule has 0 spiro atoms. The summed E-state index contributed by atoms with van der Waals surface area (Å²) in [5.74, 6) is 0.397. The van der Waals surface area contributed by atoms with Crippen LogP contribution in [0, 0.1) is 0 Å². The first-order chi connectivity index (χ1) is 9.90. The van der Waals surface area contributed by atoms with Gasteiger partial charge in [-0.05, 0) is 18.6 Å². The number of anilines is 1. The van der Waals surface area contributed by atoms with Gasteiger partial charge >= 0.3 is 0 Å². The van der Waals surface area contributed by atoms with E-state index < -0.39 is 10.0 Å². The first kappa shape index (κ1) is 17.3. The van der Waals surface area contributed by atoms with Gasteiger partial charge in [0.25, 0.3) is 0 Å². The summed E-state index contributed by atoms with van der Waals surface area (Å²) < 4.78 is 30.3. The largest absolute Gasteiger partial charge is 0.495 e. The van der Waals surface area contributed by atoms with Crippen LogP contribution in [0.25, 0.3) is 0 Å². The third-order valence-corrected chi connectivity index (χ3v) is 4.05. The van der Waals surface area contributed by atoms with E-state index in [-0.39, 0.29) is 19.0 Å². The summed E-state index contributed by atoms with van der Waals surface area (Å²) in [4.78, 5) is 11.4. The van der Waals surface area contributed by atoms with E-state index in [1.807, 2.05) is 6.92 Å². The van der Waals surface area contributed by atoms with E-state index in [0.29, 0.717) is 17.9 Å². The van der Waals surface area contributed by atoms with E-state index in [1.165, 1.54) is 11.4 Å². The monoisotopic (exact) mass is 314 g/mol. The van der Waals surface area contributed by atoms with Crippen LogP contribution in [-0.2, 0) is 14.8 Å². The van der Waals surface area contributed by atoms with Gasteiger partial charge in [0.15, 0.2) is 0 Å². The molecule has 1 aromatic carbocycles. The molecule has 1 aromatic rings. The molecule has 1 rings (SSSR count). The van der Waals surface area contributed by atoms with E-state index in [0.717, 1.165) is 12.7 Å². The topological polar surface area (TPSA) is 75.7 Å². The minimum absolute atomic E-state index is 0.0778. The molecule has 0 bridgehead atoms. The minimum Gasteiger partial charge on any atom is -0.495 e. The lowest BCUT2D eigenvalue weighted by molar-refractivity contribution is -0.121. The molecule has 0 unspecified atom stereocenters. The molecular weight excluding hydrogens is 292 g/mol. The second-order valence-corrected chi connectivity index (χ2v) is 6.51. The zero-order valence-electron chi connectivity index (χ0n) is 12.6. The van der Waals surface area contributed by atoms with Crippen molar-refractivity contribution in [3.63, 3.8) is 0 Å². The highest BCUT2D eigenvalue weighted by atomic mass is 32.2. The zero-order chi connectivity index (χ0) is 15.9. The molecule has 21 heavy (non-hydrogen) atoms. The van der Waals surface area contributed by atoms with E-state index >= 15 is 0 Å². The number of methoxy groups -OCH3 is 1. The molecule has 0 saturated carbocycles. The Labute approximate surface area is 126 Å². The molecule has 0 atom stereocenters. The van der Waals surface area contributed by atoms with Crippen LogP contribution in [0.1, 0.15) is 19.8 Å². The first-order valence-corrected chi connectivity index (χ1v) is 8.62. The van der Waals surface area contributed by atoms with Gasteiger partial charge in [-0.3, -0.25) is 9.10 Å². The van der Waals surface area contributed by atoms with Gasteiger partial charge in [0.1, 0.15) is 5.75 Å². The number of nitrogens with zero attached hydrogens (tertiary/aromatic N) is 1. The maximum Gasteiger partial charge on any atom is 0.232 e. The molecule has 0 saturated heterocycles. The average Bonchev–Trinajstić information content (AvgIpc) is 2.42. The fourth-order valence-corrected chi connectivity index (χ4v) is 2.84. The molecule has 1 amide bonds. The molecule has 0 heterocycles. The number of para-hydroxylation sites is 2. The van der Waals surface area contributed by atoms with E-state index in [2.05, 4.69) is 5.32 Å². The van der Waals surface area contributed by atoms with Gasteiger partial charge in [-0.2, -0.15) is 0 Å². The summed E-state index contributed by atoms with van der Waals surface area (Å²) >= 11 is 0. The van der Waals surface area contributed by atoms with Gasteiger partial charge < -0.3 is 10.1 Å². The fourth-order valence-electron chi connectivity index (χ4n) is 1.91. The second-order valence-electron chi connectivity index (χ2n) is 4.61. The van der Waals surface area contributed by atoms with Crippen molar-refractivity contribution < 1.29 is 17.9 Å². The highest BCUT2D eigenvalue weighted by Gasteiger charge is 2.20. The zero-order valence-corrected chi connectivity index (χ0v) is 13.4. The molecule has 118 valence electrons. The third-order valence-electron chi connectivity index (χ3n) is 2.87. The third kappa shape index (κ3) is 5.26. The Balaban J connectivity index is 2.85. The van der Waals surface area contributed by atoms with Crippen LogP contribution in [0.15, 0.2) is 24.3 Å². The molecule has 0 aromatic heterocycles. The number of nitrogens with one attached hydrogen (secondary N) is 1. The summed E-state index contributed by atoms with van der Waals surface area (Å²) in [6, 6.07) is 6.88. The maximum atomic E-state index is 12.0. The van der Waals surface area contributed by atoms with Crippen LogP contribution < -0.4 is 14.4 Å². The molecule has 0 fully saturated rings. The summed E-state index contributed by atoms with van der Waals surface area (Å²) in [5, 5.41) is 2.71. The Hall–Kier alpha value is -1.76. The van der Waals surface area contributed by atoms with Crippen molar-refractivity contribution in [2.45, 2.75) is 19.8 Å². The number of sulfonamides is 1. The van der Waals surface area contributed by atoms with Crippen LogP contribution in [0.3, 0.4) is 0 Å². The molecule has 6 nitrogen and oxygen atoms in total. The van der Waals surface area contributed by atoms with Crippen molar-refractivity contribution in [2.24, 2.45) is 0 Å². The van der Waals surface area contributed by atoms with Crippen molar-refractivity contribution in [1.29, 1.82) is 0 Å². The Bertz CT molecular complexity index is 572. The van der Waals surface area contributed by atoms with Crippen LogP contribution in [0.4, 0.5) is 5.69 Å². The standard InChI is InChI=1S/C14H22N2O4S/c1-4-7-14(17)15-10-11-16(21(3,18)19)12-8-5-6-9-13(12)20-2/h5-6,8-9H,4,7,10-11H2,1-3H3,(H,15,17). The minimum atomic E-state index is -3.46. The smallest absolute Gasteiger partial charge is 0.232 e. The predicted octanol–water partition coefficient (Wildman–Crippen LogP) is 1.38. The molecule has 0 aliphatic rings. The summed E-state index contributed by atoms with van der Waals surface area (Å²) in [7, 11) is -1.97. The average molecular weight is 314 g/mol. The number of hydrogen-bond donors (Lipinski definition) is 1. The van der Waals surface area contributed by atoms with Crippen LogP contribution in [0.5, 0.6) is 5.75 Å². The first-order valence-electron chi connectivity index (χ1n) is 6.77. The predicted molar refractivity (Wildman–Crippen MR) is 83.1 cm³/mol. The Kier molecular flexibility index (Phi) is 6.48. The van der Waals surface area contributed by atoms with E-state index in [9.17, 15) is 13.2 Å². The highest BCUT2D eigenvalue weighted by Crippen LogP contribution is 2.28. The van der Waals surface area contributed by atoms with Crippen molar-refractivity contribution in [2.75, 3.05) is 30.8 Å². The lowest BCUT2D eigenvalue weighted by Crippen LogP contribution is -2.38. The SMILES string of the molecule is CCCC(=O)NCCN(c1ccccc1OC)S(C)(=O)=O. The van der Waals surface area contributed by atoms with E-state index in [4.69, 9.17) is 4.74 Å². The van der Waals surface area contributed by atoms with Gasteiger partial charge in [0.2, 0.25) is 15.9 Å². The maximum absolute atomic E-state index is 12.0. The number of amides is 1. The lowest BCUT2D eigenvalue weighted by Gasteiger charge is -2.24. The second kappa shape index (κ2) is 7.87. The number of carbonyl (C=O) groups excluding carboxylic acids is 1. The van der Waals surface area contributed by atoms with Crippen molar-refractivity contribution in [1.82, 2.24) is 5.32 Å². The molecule has 1 N–H and O–H groups in total. The Morgan fingerprint density at radius 2 is 2.00 bits per heavy atom. The summed E-state index contributed by atoms with van der Waals surface area (Å²) in [5.41, 5.74) is 0.465. The highest BCUT2D eigenvalue weighted by molar-refractivity contribution is 7.92. The van der Waals surface area contributed by atoms with Gasteiger partial charge in [0.05, 0.1) is 25.6 Å². The number of hydrogen-bond acceptors (Lipinski definition) is 4. The van der Waals surface area contributed by atoms with Gasteiger partial charge in [-0.15, -0.1) is 0 Å². The number of rotatable bonds is 8. The summed E-state index contributed by atoms with van der Waals surface area (Å²) in [6.45, 7) is 2.33. The van der Waals surface area contributed by atoms with Crippen molar-refractivity contribution >= 4 is 21.6 Å². The number of ether oxygens (including phenoxy) is 1. The van der Waals surface area contributed by atoms with Crippen LogP contribution in [-0.4, -0.2) is 40.8 Å². The van der Waals surface area contributed by atoms with E-state index in [1.54, 1.807) is 24.3 Å². The van der Waals surface area contributed by atoms with Gasteiger partial charge in [0, 0.05) is 13.0 Å². The van der Waals surface area contributed by atoms with Crippen LogP contribution in [0.2, 0.25) is 0 Å². The number of carbonyl (C=O) groups is 1. The normalized spacial score (nSPS) is 11.0. The molecule has 0 aliphatic heterocycles. The molecule has 7 heteroatoms. The quantitative estimate of drug-likeness (QED) is 0.786. The molecule has 0 radical (unpaired) electrons. The Morgan fingerprint density at radius 3 is 2.57 bits per heavy atom. The number of benzene rings is 1.